The zero-order valence-corrected chi connectivity index (χ0v) is 5.80. The van der Waals surface area contributed by atoms with Crippen molar-refractivity contribution in [1.29, 1.82) is 0 Å². The summed E-state index contributed by atoms with van der Waals surface area (Å²) < 4.78 is 4.25. The van der Waals surface area contributed by atoms with E-state index in [4.69, 9.17) is 5.11 Å². The highest BCUT2D eigenvalue weighted by Crippen LogP contribution is 2.01. The van der Waals surface area contributed by atoms with Crippen LogP contribution in [0.1, 0.15) is 5.69 Å². The standard InChI is InChI=1S/C5H5NO3S/c7-5(8)9-1-4-2-10-3-6-4/h2-3H,1H2,(H,7,8). The van der Waals surface area contributed by atoms with Crippen molar-refractivity contribution in [3.63, 3.8) is 0 Å². The third kappa shape index (κ3) is 2.02. The van der Waals surface area contributed by atoms with E-state index in [1.54, 1.807) is 10.9 Å². The lowest BCUT2D eigenvalue weighted by Crippen LogP contribution is -1.99. The summed E-state index contributed by atoms with van der Waals surface area (Å²) in [6, 6.07) is 0. The summed E-state index contributed by atoms with van der Waals surface area (Å²) in [7, 11) is 0. The molecule has 0 radical (unpaired) electrons. The lowest BCUT2D eigenvalue weighted by atomic mass is 10.5. The lowest BCUT2D eigenvalue weighted by molar-refractivity contribution is 0.0844. The van der Waals surface area contributed by atoms with Gasteiger partial charge in [0.2, 0.25) is 0 Å². The van der Waals surface area contributed by atoms with Gasteiger partial charge in [-0.2, -0.15) is 0 Å². The molecule has 0 saturated heterocycles. The monoisotopic (exact) mass is 159 g/mol. The quantitative estimate of drug-likeness (QED) is 0.661. The van der Waals surface area contributed by atoms with Crippen LogP contribution in [0.25, 0.3) is 0 Å². The minimum Gasteiger partial charge on any atom is -0.450 e. The van der Waals surface area contributed by atoms with E-state index in [9.17, 15) is 4.79 Å². The van der Waals surface area contributed by atoms with Crippen molar-refractivity contribution in [2.75, 3.05) is 0 Å². The summed E-state index contributed by atoms with van der Waals surface area (Å²) in [5.74, 6) is 0. The van der Waals surface area contributed by atoms with E-state index in [2.05, 4.69) is 9.72 Å². The fraction of sp³-hybridized carbons (Fsp3) is 0.200. The number of hydrogen-bond donors (Lipinski definition) is 1. The van der Waals surface area contributed by atoms with Crippen LogP contribution in [-0.2, 0) is 11.3 Å². The van der Waals surface area contributed by atoms with Crippen molar-refractivity contribution >= 4 is 17.5 Å². The molecular weight excluding hydrogens is 154 g/mol. The van der Waals surface area contributed by atoms with Gasteiger partial charge >= 0.3 is 6.16 Å². The number of thiazole rings is 1. The minimum absolute atomic E-state index is 0.0405. The Morgan fingerprint density at radius 2 is 2.70 bits per heavy atom. The Morgan fingerprint density at radius 1 is 1.90 bits per heavy atom. The summed E-state index contributed by atoms with van der Waals surface area (Å²) in [6.45, 7) is 0.0405. The zero-order chi connectivity index (χ0) is 7.40. The highest BCUT2D eigenvalue weighted by molar-refractivity contribution is 7.07. The number of carboxylic acid groups (broad SMARTS) is 1. The third-order valence-corrected chi connectivity index (χ3v) is 1.46. The summed E-state index contributed by atoms with van der Waals surface area (Å²) in [5, 5.41) is 9.80. The van der Waals surface area contributed by atoms with Gasteiger partial charge in [-0.15, -0.1) is 11.3 Å². The van der Waals surface area contributed by atoms with Crippen molar-refractivity contribution < 1.29 is 14.6 Å². The van der Waals surface area contributed by atoms with Crippen molar-refractivity contribution in [2.45, 2.75) is 6.61 Å². The first-order chi connectivity index (χ1) is 4.79. The first-order valence-electron chi connectivity index (χ1n) is 2.52. The van der Waals surface area contributed by atoms with Gasteiger partial charge in [-0.1, -0.05) is 0 Å². The molecule has 1 aromatic heterocycles. The molecule has 0 saturated carbocycles. The first-order valence-corrected chi connectivity index (χ1v) is 3.46. The number of aromatic nitrogens is 1. The number of nitrogens with zero attached hydrogens (tertiary/aromatic N) is 1. The van der Waals surface area contributed by atoms with Gasteiger partial charge in [0.25, 0.3) is 0 Å². The molecule has 0 aliphatic heterocycles. The van der Waals surface area contributed by atoms with E-state index in [0.717, 1.165) is 0 Å². The molecule has 0 bridgehead atoms. The summed E-state index contributed by atoms with van der Waals surface area (Å²) in [4.78, 5) is 13.7. The number of carbonyl (C=O) groups is 1. The van der Waals surface area contributed by atoms with Gasteiger partial charge in [0.15, 0.2) is 0 Å². The molecule has 54 valence electrons. The average Bonchev–Trinajstić information content (AvgIpc) is 2.34. The second-order valence-electron chi connectivity index (χ2n) is 1.53. The van der Waals surface area contributed by atoms with Crippen LogP contribution in [0.4, 0.5) is 4.79 Å². The fourth-order valence-electron chi connectivity index (χ4n) is 0.444. The molecule has 1 aromatic rings. The predicted octanol–water partition coefficient (Wildman–Crippen LogP) is 1.34. The molecule has 10 heavy (non-hydrogen) atoms. The SMILES string of the molecule is O=C(O)OCc1cscn1. The van der Waals surface area contributed by atoms with Gasteiger partial charge in [-0.3, -0.25) is 0 Å². The number of hydrogen-bond acceptors (Lipinski definition) is 4. The molecule has 0 spiro atoms. The minimum atomic E-state index is -1.27. The van der Waals surface area contributed by atoms with Crippen molar-refractivity contribution in [3.8, 4) is 0 Å². The van der Waals surface area contributed by atoms with E-state index < -0.39 is 6.16 Å². The normalized spacial score (nSPS) is 9.20. The van der Waals surface area contributed by atoms with Crippen LogP contribution in [0.5, 0.6) is 0 Å². The second-order valence-corrected chi connectivity index (χ2v) is 2.25. The molecule has 0 unspecified atom stereocenters. The van der Waals surface area contributed by atoms with Gasteiger partial charge in [-0.05, 0) is 0 Å². The molecule has 0 amide bonds. The largest absolute Gasteiger partial charge is 0.506 e. The smallest absolute Gasteiger partial charge is 0.450 e. The Balaban J connectivity index is 2.35. The van der Waals surface area contributed by atoms with E-state index in [0.29, 0.717) is 5.69 Å². The lowest BCUT2D eigenvalue weighted by Gasteiger charge is -1.93. The van der Waals surface area contributed by atoms with E-state index in [1.807, 2.05) is 0 Å². The average molecular weight is 159 g/mol. The van der Waals surface area contributed by atoms with E-state index >= 15 is 0 Å². The molecular formula is C5H5NO3S. The molecule has 0 aliphatic rings. The molecule has 0 fully saturated rings. The van der Waals surface area contributed by atoms with Crippen LogP contribution in [0.15, 0.2) is 10.9 Å². The molecule has 0 aromatic carbocycles. The fourth-order valence-corrected chi connectivity index (χ4v) is 0.988. The van der Waals surface area contributed by atoms with Gasteiger partial charge in [-0.25, -0.2) is 9.78 Å². The van der Waals surface area contributed by atoms with Crippen LogP contribution in [-0.4, -0.2) is 16.2 Å². The zero-order valence-electron chi connectivity index (χ0n) is 4.98. The summed E-state index contributed by atoms with van der Waals surface area (Å²) in [6.07, 6.45) is -1.27. The van der Waals surface area contributed by atoms with Crippen LogP contribution in [0, 0.1) is 0 Å². The Morgan fingerprint density at radius 3 is 3.20 bits per heavy atom. The molecule has 0 aliphatic carbocycles. The topological polar surface area (TPSA) is 59.4 Å². The van der Waals surface area contributed by atoms with Crippen LogP contribution >= 0.6 is 11.3 Å². The van der Waals surface area contributed by atoms with Gasteiger partial charge < -0.3 is 9.84 Å². The Labute approximate surface area is 61.1 Å². The van der Waals surface area contributed by atoms with E-state index in [-0.39, 0.29) is 6.61 Å². The van der Waals surface area contributed by atoms with Gasteiger partial charge in [0.05, 0.1) is 11.2 Å². The Hall–Kier alpha value is -1.10. The maximum atomic E-state index is 9.85. The molecule has 1 heterocycles. The van der Waals surface area contributed by atoms with Crippen LogP contribution in [0.3, 0.4) is 0 Å². The van der Waals surface area contributed by atoms with Crippen LogP contribution < -0.4 is 0 Å². The van der Waals surface area contributed by atoms with Crippen molar-refractivity contribution in [2.24, 2.45) is 0 Å². The van der Waals surface area contributed by atoms with Gasteiger partial charge in [0.1, 0.15) is 6.61 Å². The Kier molecular flexibility index (Phi) is 2.22. The van der Waals surface area contributed by atoms with Crippen LogP contribution in [0.2, 0.25) is 0 Å². The second kappa shape index (κ2) is 3.17. The van der Waals surface area contributed by atoms with Crippen molar-refractivity contribution in [3.05, 3.63) is 16.6 Å². The highest BCUT2D eigenvalue weighted by Gasteiger charge is 1.98. The third-order valence-electron chi connectivity index (χ3n) is 0.827. The molecule has 0 atom stereocenters. The van der Waals surface area contributed by atoms with Crippen molar-refractivity contribution in [1.82, 2.24) is 4.98 Å². The predicted molar refractivity (Wildman–Crippen MR) is 34.9 cm³/mol. The Bertz CT molecular complexity index is 209. The summed E-state index contributed by atoms with van der Waals surface area (Å²) >= 11 is 1.41. The maximum Gasteiger partial charge on any atom is 0.506 e. The molecule has 1 rings (SSSR count). The number of rotatable bonds is 2. The molecule has 1 N–H and O–H groups in total. The maximum absolute atomic E-state index is 9.85. The highest BCUT2D eigenvalue weighted by atomic mass is 32.1. The first kappa shape index (κ1) is 7.01. The summed E-state index contributed by atoms with van der Waals surface area (Å²) in [5.41, 5.74) is 2.27. The molecule has 4 nitrogen and oxygen atoms in total. The number of ether oxygens (including phenoxy) is 1. The van der Waals surface area contributed by atoms with Gasteiger partial charge in [0, 0.05) is 5.38 Å². The van der Waals surface area contributed by atoms with E-state index in [1.165, 1.54) is 11.3 Å². The molecule has 5 heteroatoms.